The fraction of sp³-hybridized carbons (Fsp3) is 0.211. The lowest BCUT2D eigenvalue weighted by molar-refractivity contribution is 0.591. The first-order valence-corrected chi connectivity index (χ1v) is 14.5. The largest absolute Gasteiger partial charge is 0.456 e. The van der Waals surface area contributed by atoms with E-state index >= 15 is 0 Å². The zero-order chi connectivity index (χ0) is 27.9. The minimum absolute atomic E-state index is 0.904. The van der Waals surface area contributed by atoms with Crippen molar-refractivity contribution in [2.24, 2.45) is 0 Å². The van der Waals surface area contributed by atoms with Crippen molar-refractivity contribution in [3.63, 3.8) is 0 Å². The topological polar surface area (TPSA) is 26.3 Å². The lowest BCUT2D eigenvalue weighted by Crippen LogP contribution is -1.87. The van der Waals surface area contributed by atoms with Crippen LogP contribution in [0, 0.1) is 0 Å². The Labute approximate surface area is 238 Å². The van der Waals surface area contributed by atoms with Gasteiger partial charge in [0, 0.05) is 22.3 Å². The Kier molecular flexibility index (Phi) is 8.66. The van der Waals surface area contributed by atoms with Crippen molar-refractivity contribution < 1.29 is 8.83 Å². The van der Waals surface area contributed by atoms with Crippen LogP contribution in [0.5, 0.6) is 0 Å². The molecule has 3 aromatic carbocycles. The predicted molar refractivity (Wildman–Crippen MR) is 170 cm³/mol. The van der Waals surface area contributed by atoms with Crippen molar-refractivity contribution in [2.75, 3.05) is 0 Å². The quantitative estimate of drug-likeness (QED) is 0.162. The molecule has 0 fully saturated rings. The summed E-state index contributed by atoms with van der Waals surface area (Å²) in [7, 11) is 0. The van der Waals surface area contributed by atoms with E-state index in [9.17, 15) is 0 Å². The fourth-order valence-electron chi connectivity index (χ4n) is 5.08. The van der Waals surface area contributed by atoms with Gasteiger partial charge >= 0.3 is 0 Å². The van der Waals surface area contributed by atoms with E-state index in [1.807, 2.05) is 12.2 Å². The summed E-state index contributed by atoms with van der Waals surface area (Å²) in [6.45, 7) is 12.2. The van der Waals surface area contributed by atoms with Gasteiger partial charge in [-0.05, 0) is 60.1 Å². The van der Waals surface area contributed by atoms with Gasteiger partial charge in [0.25, 0.3) is 0 Å². The zero-order valence-electron chi connectivity index (χ0n) is 23.7. The standard InChI is InChI=1S/C38H38O2/c1-5-9-11-33-25-35(29-17-13-27(7-3)14-18-29)39-37(33)31-21-23-32(24-22-31)38-34(12-10-6-2)26-36(40-38)30-19-15-28(8-4)16-20-30/h7-8,13-26H,3-6,9-12H2,1-2H3. The molecule has 2 nitrogen and oxygen atoms in total. The number of aryl methyl sites for hydroxylation is 2. The molecule has 0 aliphatic rings. The molecule has 202 valence electrons. The van der Waals surface area contributed by atoms with Gasteiger partial charge < -0.3 is 8.83 Å². The van der Waals surface area contributed by atoms with E-state index in [-0.39, 0.29) is 0 Å². The summed E-state index contributed by atoms with van der Waals surface area (Å²) in [5, 5.41) is 0. The van der Waals surface area contributed by atoms with Crippen LogP contribution in [0.1, 0.15) is 61.8 Å². The van der Waals surface area contributed by atoms with Gasteiger partial charge in [-0.15, -0.1) is 0 Å². The van der Waals surface area contributed by atoms with Crippen LogP contribution in [0.3, 0.4) is 0 Å². The van der Waals surface area contributed by atoms with Crippen molar-refractivity contribution in [1.29, 1.82) is 0 Å². The maximum absolute atomic E-state index is 6.50. The van der Waals surface area contributed by atoms with Crippen molar-refractivity contribution in [3.05, 3.63) is 120 Å². The molecule has 0 amide bonds. The van der Waals surface area contributed by atoms with Gasteiger partial charge in [-0.25, -0.2) is 0 Å². The van der Waals surface area contributed by atoms with E-state index in [4.69, 9.17) is 8.83 Å². The molecule has 0 aliphatic heterocycles. The number of hydrogen-bond acceptors (Lipinski definition) is 2. The number of hydrogen-bond donors (Lipinski definition) is 0. The summed E-state index contributed by atoms with van der Waals surface area (Å²) >= 11 is 0. The van der Waals surface area contributed by atoms with E-state index in [1.54, 1.807) is 0 Å². The van der Waals surface area contributed by atoms with Crippen molar-refractivity contribution in [2.45, 2.75) is 52.4 Å². The minimum atomic E-state index is 0.904. The highest BCUT2D eigenvalue weighted by atomic mass is 16.3. The number of unbranched alkanes of at least 4 members (excludes halogenated alkanes) is 2. The second-order valence-electron chi connectivity index (χ2n) is 10.4. The maximum Gasteiger partial charge on any atom is 0.137 e. The smallest absolute Gasteiger partial charge is 0.137 e. The third-order valence-corrected chi connectivity index (χ3v) is 7.49. The normalized spacial score (nSPS) is 11.1. The Morgan fingerprint density at radius 1 is 0.525 bits per heavy atom. The summed E-state index contributed by atoms with van der Waals surface area (Å²) in [5.74, 6) is 3.72. The van der Waals surface area contributed by atoms with Gasteiger partial charge in [0.05, 0.1) is 0 Å². The molecule has 0 saturated heterocycles. The van der Waals surface area contributed by atoms with E-state index in [0.717, 1.165) is 94.9 Å². The monoisotopic (exact) mass is 526 g/mol. The van der Waals surface area contributed by atoms with Crippen molar-refractivity contribution in [1.82, 2.24) is 0 Å². The summed E-state index contributed by atoms with van der Waals surface area (Å²) in [5.41, 5.74) is 9.05. The van der Waals surface area contributed by atoms with E-state index in [2.05, 4.69) is 112 Å². The van der Waals surface area contributed by atoms with Gasteiger partial charge in [-0.2, -0.15) is 0 Å². The summed E-state index contributed by atoms with van der Waals surface area (Å²) in [6.07, 6.45) is 10.3. The number of benzene rings is 3. The van der Waals surface area contributed by atoms with Crippen LogP contribution < -0.4 is 0 Å². The van der Waals surface area contributed by atoms with Crippen LogP contribution in [0.4, 0.5) is 0 Å². The average Bonchev–Trinajstić information content (AvgIpc) is 3.64. The second-order valence-corrected chi connectivity index (χ2v) is 10.4. The van der Waals surface area contributed by atoms with Crippen LogP contribution >= 0.6 is 0 Å². The molecule has 0 spiro atoms. The van der Waals surface area contributed by atoms with Gasteiger partial charge in [0.1, 0.15) is 23.0 Å². The Morgan fingerprint density at radius 2 is 0.875 bits per heavy atom. The first kappa shape index (κ1) is 27.3. The maximum atomic E-state index is 6.50. The fourth-order valence-corrected chi connectivity index (χ4v) is 5.08. The Hall–Kier alpha value is -4.30. The van der Waals surface area contributed by atoms with Gasteiger partial charge in [-0.3, -0.25) is 0 Å². The van der Waals surface area contributed by atoms with Gasteiger partial charge in [0.2, 0.25) is 0 Å². The molecule has 2 heterocycles. The molecule has 0 aliphatic carbocycles. The van der Waals surface area contributed by atoms with E-state index in [1.165, 1.54) is 11.1 Å². The molecule has 0 N–H and O–H groups in total. The molecule has 40 heavy (non-hydrogen) atoms. The average molecular weight is 527 g/mol. The van der Waals surface area contributed by atoms with Crippen molar-refractivity contribution >= 4 is 12.2 Å². The molecule has 0 bridgehead atoms. The number of rotatable bonds is 12. The molecule has 5 aromatic rings. The molecule has 2 heteroatoms. The van der Waals surface area contributed by atoms with Crippen LogP contribution in [0.25, 0.3) is 57.4 Å². The molecular weight excluding hydrogens is 488 g/mol. The van der Waals surface area contributed by atoms with E-state index < -0.39 is 0 Å². The Balaban J connectivity index is 1.48. The molecular formula is C38H38O2. The Morgan fingerprint density at radius 3 is 1.20 bits per heavy atom. The molecule has 0 unspecified atom stereocenters. The lowest BCUT2D eigenvalue weighted by atomic mass is 10.00. The third kappa shape index (κ3) is 5.97. The van der Waals surface area contributed by atoms with Crippen LogP contribution in [-0.2, 0) is 12.8 Å². The second kappa shape index (κ2) is 12.7. The molecule has 0 saturated carbocycles. The first-order valence-electron chi connectivity index (χ1n) is 14.5. The SMILES string of the molecule is C=Cc1ccc(-c2cc(CCCC)c(-c3ccc(-c4oc(-c5ccc(C=C)cc5)cc4CCCC)cc3)o2)cc1. The van der Waals surface area contributed by atoms with Crippen molar-refractivity contribution in [3.8, 4) is 45.3 Å². The van der Waals surface area contributed by atoms with Crippen LogP contribution in [0.15, 0.2) is 107 Å². The van der Waals surface area contributed by atoms with E-state index in [0.29, 0.717) is 0 Å². The third-order valence-electron chi connectivity index (χ3n) is 7.49. The highest BCUT2D eigenvalue weighted by Gasteiger charge is 2.17. The van der Waals surface area contributed by atoms with Gasteiger partial charge in [0.15, 0.2) is 0 Å². The summed E-state index contributed by atoms with van der Waals surface area (Å²) in [6, 6.07) is 29.8. The van der Waals surface area contributed by atoms with Crippen LogP contribution in [0.2, 0.25) is 0 Å². The molecule has 2 aromatic heterocycles. The van der Waals surface area contributed by atoms with Gasteiger partial charge in [-0.1, -0.05) is 125 Å². The minimum Gasteiger partial charge on any atom is -0.456 e. The molecule has 5 rings (SSSR count). The highest BCUT2D eigenvalue weighted by Crippen LogP contribution is 2.37. The molecule has 0 atom stereocenters. The molecule has 0 radical (unpaired) electrons. The highest BCUT2D eigenvalue weighted by molar-refractivity contribution is 5.74. The zero-order valence-corrected chi connectivity index (χ0v) is 23.7. The lowest BCUT2D eigenvalue weighted by Gasteiger charge is -2.06. The Bertz CT molecular complexity index is 1440. The predicted octanol–water partition coefficient (Wildman–Crippen LogP) is 11.5. The first-order chi connectivity index (χ1) is 19.6. The van der Waals surface area contributed by atoms with Crippen LogP contribution in [-0.4, -0.2) is 0 Å². The number of furan rings is 2. The summed E-state index contributed by atoms with van der Waals surface area (Å²) in [4.78, 5) is 0. The summed E-state index contributed by atoms with van der Waals surface area (Å²) < 4.78 is 13.0.